The molecule has 0 heterocycles. The van der Waals surface area contributed by atoms with Gasteiger partial charge in [0.2, 0.25) is 0 Å². The summed E-state index contributed by atoms with van der Waals surface area (Å²) in [5, 5.41) is 0. The van der Waals surface area contributed by atoms with E-state index in [0.717, 1.165) is 17.6 Å². The van der Waals surface area contributed by atoms with E-state index in [-0.39, 0.29) is 0 Å². The highest BCUT2D eigenvalue weighted by molar-refractivity contribution is 5.49. The third kappa shape index (κ3) is 9.89. The molecule has 18 heavy (non-hydrogen) atoms. The maximum Gasteiger partial charge on any atom is -0.0164 e. The molecular formula is C18H32. The first-order valence-electron chi connectivity index (χ1n) is 6.86. The summed E-state index contributed by atoms with van der Waals surface area (Å²) in [6.45, 7) is 27.6. The maximum atomic E-state index is 3.93. The van der Waals surface area contributed by atoms with Crippen LogP contribution in [0.2, 0.25) is 0 Å². The Morgan fingerprint density at radius 3 is 1.56 bits per heavy atom. The lowest BCUT2D eigenvalue weighted by atomic mass is 9.94. The van der Waals surface area contributed by atoms with Crippen molar-refractivity contribution in [2.45, 2.75) is 48.0 Å². The molecule has 0 aromatic carbocycles. The SMILES string of the molecule is C=CC(=C)/C(C=C)=C(\C=C)CC(C)C.CC.CC. The Balaban J connectivity index is -0.000000506. The number of allylic oxidation sites excluding steroid dienone is 6. The summed E-state index contributed by atoms with van der Waals surface area (Å²) in [6, 6.07) is 0. The van der Waals surface area contributed by atoms with Crippen molar-refractivity contribution in [2.75, 3.05) is 0 Å². The van der Waals surface area contributed by atoms with Crippen LogP contribution < -0.4 is 0 Å². The molecule has 0 N–H and O–H groups in total. The minimum absolute atomic E-state index is 0.607. The molecule has 0 saturated carbocycles. The molecule has 0 aromatic heterocycles. The van der Waals surface area contributed by atoms with Crippen molar-refractivity contribution >= 4 is 0 Å². The van der Waals surface area contributed by atoms with Crippen molar-refractivity contribution in [3.63, 3.8) is 0 Å². The fourth-order valence-electron chi connectivity index (χ4n) is 1.32. The van der Waals surface area contributed by atoms with Crippen LogP contribution in [0.4, 0.5) is 0 Å². The van der Waals surface area contributed by atoms with Gasteiger partial charge in [0, 0.05) is 0 Å². The smallest absolute Gasteiger partial charge is 0.0164 e. The first-order chi connectivity index (χ1) is 8.56. The van der Waals surface area contributed by atoms with Gasteiger partial charge < -0.3 is 0 Å². The van der Waals surface area contributed by atoms with E-state index < -0.39 is 0 Å². The maximum absolute atomic E-state index is 3.93. The summed E-state index contributed by atoms with van der Waals surface area (Å²) in [6.07, 6.45) is 6.45. The molecule has 0 aliphatic carbocycles. The molecular weight excluding hydrogens is 216 g/mol. The van der Waals surface area contributed by atoms with E-state index >= 15 is 0 Å². The van der Waals surface area contributed by atoms with Gasteiger partial charge in [-0.2, -0.15) is 0 Å². The molecule has 0 aromatic rings. The lowest BCUT2D eigenvalue weighted by Gasteiger charge is -2.11. The Bertz CT molecular complexity index is 274. The molecule has 0 heteroatoms. The summed E-state index contributed by atoms with van der Waals surface area (Å²) < 4.78 is 0. The predicted octanol–water partition coefficient (Wildman–Crippen LogP) is 6.50. The quantitative estimate of drug-likeness (QED) is 0.471. The Morgan fingerprint density at radius 2 is 1.33 bits per heavy atom. The van der Waals surface area contributed by atoms with Crippen LogP contribution in [-0.2, 0) is 0 Å². The molecule has 0 saturated heterocycles. The van der Waals surface area contributed by atoms with Crippen molar-refractivity contribution in [1.29, 1.82) is 0 Å². The van der Waals surface area contributed by atoms with Crippen LogP contribution >= 0.6 is 0 Å². The van der Waals surface area contributed by atoms with E-state index in [2.05, 4.69) is 40.2 Å². The van der Waals surface area contributed by atoms with Crippen LogP contribution in [0, 0.1) is 5.92 Å². The van der Waals surface area contributed by atoms with Gasteiger partial charge in [0.1, 0.15) is 0 Å². The van der Waals surface area contributed by atoms with Gasteiger partial charge >= 0.3 is 0 Å². The van der Waals surface area contributed by atoms with Crippen molar-refractivity contribution in [3.05, 3.63) is 61.3 Å². The second kappa shape index (κ2) is 15.7. The van der Waals surface area contributed by atoms with Gasteiger partial charge in [0.15, 0.2) is 0 Å². The van der Waals surface area contributed by atoms with E-state index in [1.807, 2.05) is 39.8 Å². The topological polar surface area (TPSA) is 0 Å². The minimum atomic E-state index is 0.607. The summed E-state index contributed by atoms with van der Waals surface area (Å²) in [5.74, 6) is 0.607. The molecule has 0 rings (SSSR count). The summed E-state index contributed by atoms with van der Waals surface area (Å²) >= 11 is 0. The first kappa shape index (κ1) is 21.9. The predicted molar refractivity (Wildman–Crippen MR) is 88.9 cm³/mol. The minimum Gasteiger partial charge on any atom is -0.0988 e. The van der Waals surface area contributed by atoms with Gasteiger partial charge in [-0.15, -0.1) is 0 Å². The van der Waals surface area contributed by atoms with Gasteiger partial charge in [0.05, 0.1) is 0 Å². The molecule has 0 atom stereocenters. The molecule has 0 spiro atoms. The number of hydrogen-bond donors (Lipinski definition) is 0. The van der Waals surface area contributed by atoms with E-state index in [4.69, 9.17) is 0 Å². The highest BCUT2D eigenvalue weighted by Gasteiger charge is 2.04. The third-order valence-corrected chi connectivity index (χ3v) is 2.02. The lowest BCUT2D eigenvalue weighted by Crippen LogP contribution is -1.94. The van der Waals surface area contributed by atoms with Crippen molar-refractivity contribution < 1.29 is 0 Å². The van der Waals surface area contributed by atoms with Gasteiger partial charge in [-0.25, -0.2) is 0 Å². The molecule has 0 amide bonds. The zero-order valence-corrected chi connectivity index (χ0v) is 13.3. The van der Waals surface area contributed by atoms with Crippen molar-refractivity contribution in [3.8, 4) is 0 Å². The standard InChI is InChI=1S/C14H20.2C2H6/c1-7-12(6)14(9-3)13(8-2)10-11(4)5;2*1-2/h7-9,11H,1-3,6,10H2,4-5H3;2*1-2H3/b14-13+;;. The van der Waals surface area contributed by atoms with E-state index in [0.29, 0.717) is 5.92 Å². The Labute approximate surface area is 116 Å². The average Bonchev–Trinajstić information content (AvgIpc) is 2.42. The molecule has 0 unspecified atom stereocenters. The monoisotopic (exact) mass is 248 g/mol. The summed E-state index contributed by atoms with van der Waals surface area (Å²) in [4.78, 5) is 0. The van der Waals surface area contributed by atoms with E-state index in [1.165, 1.54) is 5.57 Å². The van der Waals surface area contributed by atoms with Crippen molar-refractivity contribution in [1.82, 2.24) is 0 Å². The molecule has 104 valence electrons. The van der Waals surface area contributed by atoms with Crippen LogP contribution in [0.3, 0.4) is 0 Å². The zero-order valence-electron chi connectivity index (χ0n) is 13.3. The van der Waals surface area contributed by atoms with E-state index in [9.17, 15) is 0 Å². The third-order valence-electron chi connectivity index (χ3n) is 2.02. The highest BCUT2D eigenvalue weighted by Crippen LogP contribution is 2.22. The lowest BCUT2D eigenvalue weighted by molar-refractivity contribution is 0.648. The Morgan fingerprint density at radius 1 is 0.889 bits per heavy atom. The van der Waals surface area contributed by atoms with Crippen LogP contribution in [0.25, 0.3) is 0 Å². The Hall–Kier alpha value is -1.30. The van der Waals surface area contributed by atoms with E-state index in [1.54, 1.807) is 6.08 Å². The molecule has 0 aliphatic heterocycles. The van der Waals surface area contributed by atoms with Crippen LogP contribution in [0.1, 0.15) is 48.0 Å². The van der Waals surface area contributed by atoms with Gasteiger partial charge in [0.25, 0.3) is 0 Å². The fraction of sp³-hybridized carbons (Fsp3) is 0.444. The number of hydrogen-bond acceptors (Lipinski definition) is 0. The summed E-state index contributed by atoms with van der Waals surface area (Å²) in [5.41, 5.74) is 3.17. The van der Waals surface area contributed by atoms with Crippen LogP contribution in [-0.4, -0.2) is 0 Å². The van der Waals surface area contributed by atoms with Gasteiger partial charge in [-0.05, 0) is 29.1 Å². The highest BCUT2D eigenvalue weighted by atomic mass is 14.1. The Kier molecular flexibility index (Phi) is 19.1. The first-order valence-corrected chi connectivity index (χ1v) is 6.86. The summed E-state index contributed by atoms with van der Waals surface area (Å²) in [7, 11) is 0. The number of rotatable bonds is 6. The van der Waals surface area contributed by atoms with Gasteiger partial charge in [-0.1, -0.05) is 86.1 Å². The fourth-order valence-corrected chi connectivity index (χ4v) is 1.32. The van der Waals surface area contributed by atoms with Crippen LogP contribution in [0.15, 0.2) is 61.3 Å². The molecule has 0 aliphatic rings. The second-order valence-electron chi connectivity index (χ2n) is 3.67. The molecule has 0 fully saturated rings. The van der Waals surface area contributed by atoms with Crippen LogP contribution in [0.5, 0.6) is 0 Å². The zero-order chi connectivity index (χ0) is 15.1. The van der Waals surface area contributed by atoms with Gasteiger partial charge in [-0.3, -0.25) is 0 Å². The largest absolute Gasteiger partial charge is 0.0988 e. The average molecular weight is 248 g/mol. The molecule has 0 nitrogen and oxygen atoms in total. The molecule has 0 radical (unpaired) electrons. The normalized spacial score (nSPS) is 9.94. The second-order valence-corrected chi connectivity index (χ2v) is 3.67. The van der Waals surface area contributed by atoms with Crippen molar-refractivity contribution in [2.24, 2.45) is 5.92 Å². The molecule has 0 bridgehead atoms.